The van der Waals surface area contributed by atoms with Crippen LogP contribution >= 0.6 is 23.2 Å². The number of carboxylic acid groups (broad SMARTS) is 1. The Kier molecular flexibility index (Phi) is 3.94. The number of H-pyrrole nitrogens is 1. The van der Waals surface area contributed by atoms with Gasteiger partial charge in [-0.25, -0.2) is 14.8 Å². The smallest absolute Gasteiger partial charge is 0.337 e. The zero-order chi connectivity index (χ0) is 16.6. The van der Waals surface area contributed by atoms with Gasteiger partial charge in [0.15, 0.2) is 0 Å². The van der Waals surface area contributed by atoms with Gasteiger partial charge in [-0.3, -0.25) is 0 Å². The average Bonchev–Trinajstić information content (AvgIpc) is 2.92. The minimum Gasteiger partial charge on any atom is -0.478 e. The highest BCUT2D eigenvalue weighted by molar-refractivity contribution is 6.36. The summed E-state index contributed by atoms with van der Waals surface area (Å²) in [6.45, 7) is 0. The van der Waals surface area contributed by atoms with Crippen LogP contribution in [0.3, 0.4) is 0 Å². The van der Waals surface area contributed by atoms with E-state index in [4.69, 9.17) is 28.9 Å². The van der Waals surface area contributed by atoms with Gasteiger partial charge < -0.3 is 15.8 Å². The van der Waals surface area contributed by atoms with E-state index in [1.807, 2.05) is 0 Å². The van der Waals surface area contributed by atoms with Crippen LogP contribution in [0.15, 0.2) is 36.5 Å². The molecule has 8 heteroatoms. The summed E-state index contributed by atoms with van der Waals surface area (Å²) < 4.78 is 0. The molecule has 3 aromatic rings. The SMILES string of the molecule is Nc1nccc(-c2cc(C(=O)O)c(-c3ccc(Cl)cc3Cl)[nH]2)n1. The number of carbonyl (C=O) groups is 1. The van der Waals surface area contributed by atoms with Gasteiger partial charge in [0.25, 0.3) is 0 Å². The number of nitrogens with two attached hydrogens (primary N) is 1. The fraction of sp³-hybridized carbons (Fsp3) is 0. The third kappa shape index (κ3) is 2.99. The zero-order valence-corrected chi connectivity index (χ0v) is 13.1. The lowest BCUT2D eigenvalue weighted by Crippen LogP contribution is -1.97. The molecule has 0 aliphatic rings. The molecule has 0 aliphatic heterocycles. The maximum absolute atomic E-state index is 11.5. The van der Waals surface area contributed by atoms with Crippen LogP contribution in [0.1, 0.15) is 10.4 Å². The fourth-order valence-electron chi connectivity index (χ4n) is 2.19. The van der Waals surface area contributed by atoms with E-state index in [2.05, 4.69) is 15.0 Å². The van der Waals surface area contributed by atoms with Gasteiger partial charge in [-0.2, -0.15) is 0 Å². The normalized spacial score (nSPS) is 10.7. The Balaban J connectivity index is 2.19. The Morgan fingerprint density at radius 2 is 2.00 bits per heavy atom. The lowest BCUT2D eigenvalue weighted by atomic mass is 10.1. The van der Waals surface area contributed by atoms with Crippen molar-refractivity contribution < 1.29 is 9.90 Å². The van der Waals surface area contributed by atoms with E-state index >= 15 is 0 Å². The molecule has 23 heavy (non-hydrogen) atoms. The van der Waals surface area contributed by atoms with Crippen molar-refractivity contribution in [2.24, 2.45) is 0 Å². The van der Waals surface area contributed by atoms with Crippen molar-refractivity contribution in [3.05, 3.63) is 52.1 Å². The summed E-state index contributed by atoms with van der Waals surface area (Å²) in [7, 11) is 0. The van der Waals surface area contributed by atoms with Crippen molar-refractivity contribution in [3.63, 3.8) is 0 Å². The molecular formula is C15H10Cl2N4O2. The first-order valence-electron chi connectivity index (χ1n) is 6.46. The molecule has 1 aromatic carbocycles. The number of hydrogen-bond acceptors (Lipinski definition) is 4. The van der Waals surface area contributed by atoms with Crippen LogP contribution in [0.4, 0.5) is 5.95 Å². The number of aromatic amines is 1. The van der Waals surface area contributed by atoms with Crippen LogP contribution in [0, 0.1) is 0 Å². The van der Waals surface area contributed by atoms with Crippen molar-refractivity contribution in [1.82, 2.24) is 15.0 Å². The second kappa shape index (κ2) is 5.91. The van der Waals surface area contributed by atoms with Gasteiger partial charge in [0.2, 0.25) is 5.95 Å². The number of nitrogens with zero attached hydrogens (tertiary/aromatic N) is 2. The average molecular weight is 349 g/mol. The molecule has 0 saturated carbocycles. The summed E-state index contributed by atoms with van der Waals surface area (Å²) in [6.07, 6.45) is 1.49. The van der Waals surface area contributed by atoms with Gasteiger partial charge in [-0.05, 0) is 30.3 Å². The number of rotatable bonds is 3. The molecule has 3 rings (SSSR count). The topological polar surface area (TPSA) is 105 Å². The monoisotopic (exact) mass is 348 g/mol. The lowest BCUT2D eigenvalue weighted by Gasteiger charge is -2.04. The molecular weight excluding hydrogens is 339 g/mol. The van der Waals surface area contributed by atoms with Gasteiger partial charge in [0.05, 0.1) is 27.7 Å². The largest absolute Gasteiger partial charge is 0.478 e. The highest BCUT2D eigenvalue weighted by atomic mass is 35.5. The predicted molar refractivity (Wildman–Crippen MR) is 88.6 cm³/mol. The number of anilines is 1. The van der Waals surface area contributed by atoms with E-state index in [1.54, 1.807) is 24.3 Å². The summed E-state index contributed by atoms with van der Waals surface area (Å²) in [5.41, 5.74) is 7.51. The molecule has 116 valence electrons. The molecule has 0 spiro atoms. The van der Waals surface area contributed by atoms with Crippen LogP contribution < -0.4 is 5.73 Å². The number of aromatic carboxylic acids is 1. The van der Waals surface area contributed by atoms with Crippen molar-refractivity contribution in [1.29, 1.82) is 0 Å². The number of benzene rings is 1. The highest BCUT2D eigenvalue weighted by Crippen LogP contribution is 2.34. The van der Waals surface area contributed by atoms with Gasteiger partial charge in [0, 0.05) is 16.8 Å². The number of halogens is 2. The molecule has 0 saturated heterocycles. The second-order valence-electron chi connectivity index (χ2n) is 4.70. The molecule has 0 fully saturated rings. The third-order valence-corrected chi connectivity index (χ3v) is 3.75. The maximum atomic E-state index is 11.5. The standard InChI is InChI=1S/C15H10Cl2N4O2/c16-7-1-2-8(10(17)5-7)13-9(14(22)23)6-12(20-13)11-3-4-19-15(18)21-11/h1-6,20H,(H,22,23)(H2,18,19,21). The van der Waals surface area contributed by atoms with Crippen molar-refractivity contribution in [2.45, 2.75) is 0 Å². The van der Waals surface area contributed by atoms with Gasteiger partial charge >= 0.3 is 5.97 Å². The number of nitrogen functional groups attached to an aromatic ring is 1. The quantitative estimate of drug-likeness (QED) is 0.668. The number of aromatic nitrogens is 3. The van der Waals surface area contributed by atoms with Crippen molar-refractivity contribution in [2.75, 3.05) is 5.73 Å². The first-order chi connectivity index (χ1) is 11.0. The molecule has 0 bridgehead atoms. The fourth-order valence-corrected chi connectivity index (χ4v) is 2.69. The van der Waals surface area contributed by atoms with Crippen LogP contribution in [-0.4, -0.2) is 26.0 Å². The van der Waals surface area contributed by atoms with Gasteiger partial charge in [0.1, 0.15) is 0 Å². The molecule has 0 unspecified atom stereocenters. The zero-order valence-electron chi connectivity index (χ0n) is 11.5. The molecule has 2 aromatic heterocycles. The van der Waals surface area contributed by atoms with E-state index in [0.717, 1.165) is 0 Å². The van der Waals surface area contributed by atoms with Crippen LogP contribution in [0.25, 0.3) is 22.6 Å². The van der Waals surface area contributed by atoms with Crippen molar-refractivity contribution >= 4 is 35.1 Å². The van der Waals surface area contributed by atoms with Gasteiger partial charge in [-0.15, -0.1) is 0 Å². The molecule has 0 radical (unpaired) electrons. The minimum atomic E-state index is -1.09. The second-order valence-corrected chi connectivity index (χ2v) is 5.54. The molecule has 6 nitrogen and oxygen atoms in total. The molecule has 0 aliphatic carbocycles. The first kappa shape index (κ1) is 15.3. The number of nitrogens with one attached hydrogen (secondary N) is 1. The molecule has 0 amide bonds. The number of carboxylic acids is 1. The molecule has 2 heterocycles. The van der Waals surface area contributed by atoms with Crippen LogP contribution in [0.5, 0.6) is 0 Å². The highest BCUT2D eigenvalue weighted by Gasteiger charge is 2.19. The molecule has 0 atom stereocenters. The predicted octanol–water partition coefficient (Wildman–Crippen LogP) is 3.73. The van der Waals surface area contributed by atoms with E-state index in [0.29, 0.717) is 32.7 Å². The number of hydrogen-bond donors (Lipinski definition) is 3. The van der Waals surface area contributed by atoms with E-state index < -0.39 is 5.97 Å². The third-order valence-electron chi connectivity index (χ3n) is 3.20. The summed E-state index contributed by atoms with van der Waals surface area (Å²) in [4.78, 5) is 22.5. The minimum absolute atomic E-state index is 0.0707. The van der Waals surface area contributed by atoms with E-state index in [-0.39, 0.29) is 11.5 Å². The Morgan fingerprint density at radius 3 is 2.65 bits per heavy atom. The first-order valence-corrected chi connectivity index (χ1v) is 7.22. The van der Waals surface area contributed by atoms with E-state index in [9.17, 15) is 9.90 Å². The van der Waals surface area contributed by atoms with E-state index in [1.165, 1.54) is 12.3 Å². The summed E-state index contributed by atoms with van der Waals surface area (Å²) in [5.74, 6) is -0.990. The summed E-state index contributed by atoms with van der Waals surface area (Å²) in [6, 6.07) is 7.94. The maximum Gasteiger partial charge on any atom is 0.337 e. The Morgan fingerprint density at radius 1 is 1.22 bits per heavy atom. The Bertz CT molecular complexity index is 908. The Hall–Kier alpha value is -2.57. The lowest BCUT2D eigenvalue weighted by molar-refractivity contribution is 0.0698. The molecule has 4 N–H and O–H groups in total. The van der Waals surface area contributed by atoms with Crippen LogP contribution in [0.2, 0.25) is 10.0 Å². The van der Waals surface area contributed by atoms with Crippen LogP contribution in [-0.2, 0) is 0 Å². The van der Waals surface area contributed by atoms with Gasteiger partial charge in [-0.1, -0.05) is 23.2 Å². The summed E-state index contributed by atoms with van der Waals surface area (Å²) >= 11 is 12.1. The van der Waals surface area contributed by atoms with Crippen molar-refractivity contribution in [3.8, 4) is 22.6 Å². The summed E-state index contributed by atoms with van der Waals surface area (Å²) in [5, 5.41) is 10.2. The Labute approximate surface area is 140 Å².